The van der Waals surface area contributed by atoms with Gasteiger partial charge < -0.3 is 10.0 Å². The minimum Gasteiger partial charge on any atom is -0.321 e. The van der Waals surface area contributed by atoms with Gasteiger partial charge in [0.05, 0.1) is 10.6 Å². The summed E-state index contributed by atoms with van der Waals surface area (Å²) in [5.41, 5.74) is 7.18. The van der Waals surface area contributed by atoms with E-state index in [1.54, 1.807) is 24.3 Å². The molecule has 0 fully saturated rings. The van der Waals surface area contributed by atoms with Crippen LogP contribution >= 0.6 is 0 Å². The number of nitrogens with zero attached hydrogens (tertiary/aromatic N) is 1. The highest BCUT2D eigenvalue weighted by atomic mass is 32.2. The highest BCUT2D eigenvalue weighted by molar-refractivity contribution is 7.86. The van der Waals surface area contributed by atoms with Gasteiger partial charge in [-0.2, -0.15) is 5.10 Å². The summed E-state index contributed by atoms with van der Waals surface area (Å²) in [5.74, 6) is -0.232. The molecule has 3 aromatic carbocycles. The molecule has 32 heavy (non-hydrogen) atoms. The number of hydrogen-bond acceptors (Lipinski definition) is 3. The van der Waals surface area contributed by atoms with Crippen LogP contribution in [0.25, 0.3) is 11.3 Å². The van der Waals surface area contributed by atoms with E-state index >= 15 is 0 Å². The molecular formula is C25H22N4O2S. The van der Waals surface area contributed by atoms with Crippen molar-refractivity contribution in [1.82, 2.24) is 10.2 Å². The Morgan fingerprint density at radius 3 is 2.44 bits per heavy atom. The molecule has 1 amide bonds. The van der Waals surface area contributed by atoms with Crippen molar-refractivity contribution in [1.29, 1.82) is 0 Å². The Labute approximate surface area is 188 Å². The van der Waals surface area contributed by atoms with Crippen molar-refractivity contribution in [2.45, 2.75) is 24.7 Å². The molecule has 1 atom stereocenters. The van der Waals surface area contributed by atoms with Crippen molar-refractivity contribution in [3.8, 4) is 11.3 Å². The molecule has 0 spiro atoms. The van der Waals surface area contributed by atoms with Crippen LogP contribution < -0.4 is 10.0 Å². The minimum absolute atomic E-state index is 0.232. The predicted octanol–water partition coefficient (Wildman–Crippen LogP) is 4.87. The van der Waals surface area contributed by atoms with Gasteiger partial charge in [-0.05, 0) is 61.7 Å². The van der Waals surface area contributed by atoms with Crippen LogP contribution in [0.2, 0.25) is 0 Å². The molecule has 7 heteroatoms. The van der Waals surface area contributed by atoms with Crippen molar-refractivity contribution in [3.05, 3.63) is 95.2 Å². The molecule has 1 unspecified atom stereocenters. The first-order chi connectivity index (χ1) is 15.6. The SMILES string of the molecule is Cc1ccc(NS(=O)c2ccc(NC(=O)c3[nH]nc4c3CCc3ccccc3-4)cc2)cc1. The summed E-state index contributed by atoms with van der Waals surface area (Å²) < 4.78 is 15.6. The molecule has 0 saturated carbocycles. The van der Waals surface area contributed by atoms with Crippen LogP contribution in [0, 0.1) is 6.92 Å². The number of aryl methyl sites for hydroxylation is 2. The highest BCUT2D eigenvalue weighted by Gasteiger charge is 2.25. The summed E-state index contributed by atoms with van der Waals surface area (Å²) in [4.78, 5) is 13.5. The fraction of sp³-hybridized carbons (Fsp3) is 0.120. The van der Waals surface area contributed by atoms with E-state index in [4.69, 9.17) is 0 Å². The van der Waals surface area contributed by atoms with Crippen molar-refractivity contribution < 1.29 is 9.00 Å². The Kier molecular flexibility index (Phi) is 5.33. The predicted molar refractivity (Wildman–Crippen MR) is 127 cm³/mol. The second kappa shape index (κ2) is 8.43. The first-order valence-electron chi connectivity index (χ1n) is 10.4. The Morgan fingerprint density at radius 1 is 0.938 bits per heavy atom. The zero-order valence-electron chi connectivity index (χ0n) is 17.5. The van der Waals surface area contributed by atoms with E-state index in [2.05, 4.69) is 26.3 Å². The molecule has 5 rings (SSSR count). The summed E-state index contributed by atoms with van der Waals surface area (Å²) in [6.07, 6.45) is 1.66. The van der Waals surface area contributed by atoms with Crippen LogP contribution in [0.5, 0.6) is 0 Å². The van der Waals surface area contributed by atoms with E-state index in [1.165, 1.54) is 5.56 Å². The van der Waals surface area contributed by atoms with Gasteiger partial charge >= 0.3 is 0 Å². The van der Waals surface area contributed by atoms with Crippen molar-refractivity contribution in [2.75, 3.05) is 10.0 Å². The van der Waals surface area contributed by atoms with Crippen molar-refractivity contribution >= 4 is 28.3 Å². The Bertz CT molecular complexity index is 1310. The molecule has 1 aromatic heterocycles. The summed E-state index contributed by atoms with van der Waals surface area (Å²) in [7, 11) is -1.39. The molecular weight excluding hydrogens is 420 g/mol. The van der Waals surface area contributed by atoms with Crippen molar-refractivity contribution in [2.24, 2.45) is 0 Å². The maximum absolute atomic E-state index is 12.9. The van der Waals surface area contributed by atoms with Crippen LogP contribution in [0.3, 0.4) is 0 Å². The van der Waals surface area contributed by atoms with E-state index in [-0.39, 0.29) is 5.91 Å². The van der Waals surface area contributed by atoms with Crippen LogP contribution in [0.1, 0.15) is 27.2 Å². The lowest BCUT2D eigenvalue weighted by Crippen LogP contribution is -2.16. The van der Waals surface area contributed by atoms with E-state index in [9.17, 15) is 9.00 Å². The molecule has 0 bridgehead atoms. The number of benzene rings is 3. The number of aromatic amines is 1. The standard InChI is InChI=1S/C25H22N4O2S/c1-16-6-9-19(10-7-16)29-32(31)20-13-11-18(12-14-20)26-25(30)24-22-15-8-17-4-2-3-5-21(17)23(22)27-28-24/h2-7,9-14,29H,8,15H2,1H3,(H,26,30)(H,27,28). The Balaban J connectivity index is 1.28. The van der Waals surface area contributed by atoms with Gasteiger partial charge in [0.15, 0.2) is 0 Å². The fourth-order valence-electron chi connectivity index (χ4n) is 3.89. The number of aromatic nitrogens is 2. The number of H-pyrrole nitrogens is 1. The van der Waals surface area contributed by atoms with Gasteiger partial charge in [-0.15, -0.1) is 0 Å². The van der Waals surface area contributed by atoms with Crippen molar-refractivity contribution in [3.63, 3.8) is 0 Å². The molecule has 1 aliphatic carbocycles. The van der Waals surface area contributed by atoms with Crippen LogP contribution in [-0.2, 0) is 23.8 Å². The summed E-state index contributed by atoms with van der Waals surface area (Å²) in [6.45, 7) is 2.01. The third-order valence-corrected chi connectivity index (χ3v) is 6.72. The number of anilines is 2. The maximum atomic E-state index is 12.9. The topological polar surface area (TPSA) is 86.9 Å². The molecule has 1 aliphatic rings. The van der Waals surface area contributed by atoms with Gasteiger partial charge in [-0.25, -0.2) is 4.21 Å². The fourth-order valence-corrected chi connectivity index (χ4v) is 4.74. The first-order valence-corrected chi connectivity index (χ1v) is 11.6. The maximum Gasteiger partial charge on any atom is 0.273 e. The monoisotopic (exact) mass is 442 g/mol. The number of carbonyl (C=O) groups excluding carboxylic acids is 1. The number of hydrogen-bond donors (Lipinski definition) is 3. The number of amides is 1. The minimum atomic E-state index is -1.39. The van der Waals surface area contributed by atoms with Crippen LogP contribution in [-0.4, -0.2) is 20.3 Å². The molecule has 0 aliphatic heterocycles. The molecule has 6 nitrogen and oxygen atoms in total. The normalized spacial score (nSPS) is 13.0. The zero-order valence-corrected chi connectivity index (χ0v) is 18.3. The molecule has 0 radical (unpaired) electrons. The Morgan fingerprint density at radius 2 is 1.66 bits per heavy atom. The van der Waals surface area contributed by atoms with E-state index in [0.717, 1.165) is 40.9 Å². The summed E-state index contributed by atoms with van der Waals surface area (Å²) >= 11 is 0. The van der Waals surface area contributed by atoms with Crippen LogP contribution in [0.15, 0.2) is 77.7 Å². The largest absolute Gasteiger partial charge is 0.321 e. The number of nitrogens with one attached hydrogen (secondary N) is 3. The first kappa shape index (κ1) is 20.2. The number of carbonyl (C=O) groups is 1. The van der Waals surface area contributed by atoms with E-state index < -0.39 is 11.0 Å². The smallest absolute Gasteiger partial charge is 0.273 e. The molecule has 160 valence electrons. The van der Waals surface area contributed by atoms with Gasteiger partial charge in [0.1, 0.15) is 16.7 Å². The lowest BCUT2D eigenvalue weighted by atomic mass is 9.89. The van der Waals surface area contributed by atoms with Crippen LogP contribution in [0.4, 0.5) is 11.4 Å². The van der Waals surface area contributed by atoms with Gasteiger partial charge in [-0.3, -0.25) is 9.89 Å². The Hall–Kier alpha value is -3.71. The number of fused-ring (bicyclic) bond motifs is 3. The van der Waals surface area contributed by atoms with Gasteiger partial charge in [0, 0.05) is 22.5 Å². The lowest BCUT2D eigenvalue weighted by molar-refractivity contribution is 0.102. The highest BCUT2D eigenvalue weighted by Crippen LogP contribution is 2.33. The van der Waals surface area contributed by atoms with Gasteiger partial charge in [-0.1, -0.05) is 42.0 Å². The van der Waals surface area contributed by atoms with Gasteiger partial charge in [0.25, 0.3) is 5.91 Å². The third kappa shape index (κ3) is 3.94. The second-order valence-electron chi connectivity index (χ2n) is 7.80. The quantitative estimate of drug-likeness (QED) is 0.412. The van der Waals surface area contributed by atoms with E-state index in [0.29, 0.717) is 16.3 Å². The second-order valence-corrected chi connectivity index (χ2v) is 9.01. The van der Waals surface area contributed by atoms with E-state index in [1.807, 2.05) is 49.4 Å². The summed E-state index contributed by atoms with van der Waals surface area (Å²) in [5, 5.41) is 10.2. The zero-order chi connectivity index (χ0) is 22.1. The van der Waals surface area contributed by atoms with Gasteiger partial charge in [0.2, 0.25) is 0 Å². The average molecular weight is 443 g/mol. The number of rotatable bonds is 5. The summed E-state index contributed by atoms with van der Waals surface area (Å²) in [6, 6.07) is 22.9. The average Bonchev–Trinajstić information content (AvgIpc) is 3.26. The molecule has 1 heterocycles. The third-order valence-electron chi connectivity index (χ3n) is 5.60. The molecule has 0 saturated heterocycles. The lowest BCUT2D eigenvalue weighted by Gasteiger charge is -2.15. The molecule has 3 N–H and O–H groups in total. The molecule has 4 aromatic rings.